The first-order chi connectivity index (χ1) is 7.54. The standard InChI is InChI=1S/C13H20FNO/c1-5-15-10(3)11(4)16-13-8-12(14)7-6-9(13)2/h6-8,10-11,15H,5H2,1-4H3. The minimum atomic E-state index is -0.260. The van der Waals surface area contributed by atoms with Crippen molar-refractivity contribution in [1.82, 2.24) is 5.32 Å². The molecule has 0 aromatic heterocycles. The summed E-state index contributed by atoms with van der Waals surface area (Å²) in [6, 6.07) is 4.85. The zero-order chi connectivity index (χ0) is 12.1. The van der Waals surface area contributed by atoms with Crippen molar-refractivity contribution in [2.75, 3.05) is 6.54 Å². The predicted octanol–water partition coefficient (Wildman–Crippen LogP) is 2.90. The van der Waals surface area contributed by atoms with Gasteiger partial charge in [-0.2, -0.15) is 0 Å². The molecule has 0 aliphatic rings. The molecule has 2 nitrogen and oxygen atoms in total. The average Bonchev–Trinajstić information content (AvgIpc) is 2.23. The summed E-state index contributed by atoms with van der Waals surface area (Å²) in [4.78, 5) is 0. The van der Waals surface area contributed by atoms with Crippen LogP contribution in [0.15, 0.2) is 18.2 Å². The first-order valence-corrected chi connectivity index (χ1v) is 5.70. The van der Waals surface area contributed by atoms with Crippen molar-refractivity contribution >= 4 is 0 Å². The maximum absolute atomic E-state index is 13.1. The van der Waals surface area contributed by atoms with Gasteiger partial charge in [-0.1, -0.05) is 13.0 Å². The summed E-state index contributed by atoms with van der Waals surface area (Å²) in [5.41, 5.74) is 0.956. The van der Waals surface area contributed by atoms with E-state index in [0.717, 1.165) is 12.1 Å². The highest BCUT2D eigenvalue weighted by atomic mass is 19.1. The molecule has 0 heterocycles. The monoisotopic (exact) mass is 225 g/mol. The van der Waals surface area contributed by atoms with Crippen molar-refractivity contribution in [1.29, 1.82) is 0 Å². The Bertz CT molecular complexity index is 341. The zero-order valence-corrected chi connectivity index (χ0v) is 10.4. The van der Waals surface area contributed by atoms with Crippen LogP contribution in [0.5, 0.6) is 5.75 Å². The lowest BCUT2D eigenvalue weighted by Gasteiger charge is -2.23. The summed E-state index contributed by atoms with van der Waals surface area (Å²) in [6.45, 7) is 8.91. The van der Waals surface area contributed by atoms with E-state index in [-0.39, 0.29) is 18.0 Å². The van der Waals surface area contributed by atoms with Crippen LogP contribution in [0.25, 0.3) is 0 Å². The molecule has 0 bridgehead atoms. The fourth-order valence-electron chi connectivity index (χ4n) is 1.49. The van der Waals surface area contributed by atoms with E-state index in [0.29, 0.717) is 5.75 Å². The Labute approximate surface area is 96.8 Å². The third-order valence-corrected chi connectivity index (χ3v) is 2.69. The quantitative estimate of drug-likeness (QED) is 0.832. The molecule has 16 heavy (non-hydrogen) atoms. The number of benzene rings is 1. The predicted molar refractivity (Wildman–Crippen MR) is 64.4 cm³/mol. The van der Waals surface area contributed by atoms with Gasteiger partial charge >= 0.3 is 0 Å². The molecular formula is C13H20FNO. The fraction of sp³-hybridized carbons (Fsp3) is 0.538. The molecule has 0 radical (unpaired) electrons. The molecular weight excluding hydrogens is 205 g/mol. The Morgan fingerprint density at radius 2 is 2.06 bits per heavy atom. The minimum absolute atomic E-state index is 0.0143. The highest BCUT2D eigenvalue weighted by Gasteiger charge is 2.13. The van der Waals surface area contributed by atoms with Gasteiger partial charge in [0.2, 0.25) is 0 Å². The van der Waals surface area contributed by atoms with Gasteiger partial charge in [-0.05, 0) is 38.9 Å². The van der Waals surface area contributed by atoms with Crippen LogP contribution in [0.4, 0.5) is 4.39 Å². The number of hydrogen-bond acceptors (Lipinski definition) is 2. The van der Waals surface area contributed by atoms with Crippen LogP contribution >= 0.6 is 0 Å². The van der Waals surface area contributed by atoms with Gasteiger partial charge in [-0.3, -0.25) is 0 Å². The Morgan fingerprint density at radius 3 is 2.69 bits per heavy atom. The fourth-order valence-corrected chi connectivity index (χ4v) is 1.49. The van der Waals surface area contributed by atoms with Crippen LogP contribution in [0.3, 0.4) is 0 Å². The third kappa shape index (κ3) is 3.49. The molecule has 0 saturated carbocycles. The lowest BCUT2D eigenvalue weighted by atomic mass is 10.2. The number of nitrogens with one attached hydrogen (secondary N) is 1. The van der Waals surface area contributed by atoms with Crippen LogP contribution in [-0.2, 0) is 0 Å². The molecule has 90 valence electrons. The summed E-state index contributed by atoms with van der Waals surface area (Å²) in [5, 5.41) is 3.28. The summed E-state index contributed by atoms with van der Waals surface area (Å²) in [7, 11) is 0. The van der Waals surface area contributed by atoms with E-state index in [1.165, 1.54) is 12.1 Å². The summed E-state index contributed by atoms with van der Waals surface area (Å²) in [5.74, 6) is 0.362. The van der Waals surface area contributed by atoms with E-state index in [4.69, 9.17) is 4.74 Å². The molecule has 0 spiro atoms. The molecule has 0 aliphatic carbocycles. The SMILES string of the molecule is CCNC(C)C(C)Oc1cc(F)ccc1C. The smallest absolute Gasteiger partial charge is 0.126 e. The highest BCUT2D eigenvalue weighted by Crippen LogP contribution is 2.20. The molecule has 0 fully saturated rings. The van der Waals surface area contributed by atoms with Gasteiger partial charge in [0.15, 0.2) is 0 Å². The first kappa shape index (κ1) is 13.0. The van der Waals surface area contributed by atoms with Crippen molar-refractivity contribution < 1.29 is 9.13 Å². The van der Waals surface area contributed by atoms with E-state index in [9.17, 15) is 4.39 Å². The van der Waals surface area contributed by atoms with Crippen LogP contribution in [0.2, 0.25) is 0 Å². The molecule has 1 N–H and O–H groups in total. The molecule has 2 unspecified atom stereocenters. The number of ether oxygens (including phenoxy) is 1. The number of rotatable bonds is 5. The summed E-state index contributed by atoms with van der Waals surface area (Å²) < 4.78 is 18.8. The topological polar surface area (TPSA) is 21.3 Å². The van der Waals surface area contributed by atoms with E-state index in [2.05, 4.69) is 19.2 Å². The van der Waals surface area contributed by atoms with Gasteiger partial charge in [0.1, 0.15) is 17.7 Å². The summed E-state index contributed by atoms with van der Waals surface area (Å²) >= 11 is 0. The number of likely N-dealkylation sites (N-methyl/N-ethyl adjacent to an activating group) is 1. The van der Waals surface area contributed by atoms with Gasteiger partial charge in [-0.15, -0.1) is 0 Å². The van der Waals surface area contributed by atoms with Crippen molar-refractivity contribution in [3.8, 4) is 5.75 Å². The van der Waals surface area contributed by atoms with E-state index in [1.807, 2.05) is 13.8 Å². The van der Waals surface area contributed by atoms with Gasteiger partial charge < -0.3 is 10.1 Å². The van der Waals surface area contributed by atoms with Crippen molar-refractivity contribution in [2.45, 2.75) is 39.8 Å². The van der Waals surface area contributed by atoms with Crippen LogP contribution in [-0.4, -0.2) is 18.7 Å². The van der Waals surface area contributed by atoms with E-state index >= 15 is 0 Å². The van der Waals surface area contributed by atoms with Crippen molar-refractivity contribution in [2.24, 2.45) is 0 Å². The Kier molecular flexibility index (Phi) is 4.74. The number of aryl methyl sites for hydroxylation is 1. The van der Waals surface area contributed by atoms with Gasteiger partial charge in [0.25, 0.3) is 0 Å². The Balaban J connectivity index is 2.68. The first-order valence-electron chi connectivity index (χ1n) is 5.70. The molecule has 0 saturated heterocycles. The summed E-state index contributed by atoms with van der Waals surface area (Å²) in [6.07, 6.45) is 0.0143. The van der Waals surface area contributed by atoms with Crippen LogP contribution in [0, 0.1) is 12.7 Å². The second-order valence-corrected chi connectivity index (χ2v) is 4.08. The van der Waals surface area contributed by atoms with Gasteiger partial charge in [-0.25, -0.2) is 4.39 Å². The van der Waals surface area contributed by atoms with Gasteiger partial charge in [0.05, 0.1) is 0 Å². The third-order valence-electron chi connectivity index (χ3n) is 2.69. The van der Waals surface area contributed by atoms with Crippen molar-refractivity contribution in [3.63, 3.8) is 0 Å². The number of hydrogen-bond donors (Lipinski definition) is 1. The molecule has 1 aromatic rings. The molecule has 0 aliphatic heterocycles. The second kappa shape index (κ2) is 5.85. The number of halogens is 1. The minimum Gasteiger partial charge on any atom is -0.489 e. The molecule has 1 rings (SSSR count). The van der Waals surface area contributed by atoms with Crippen LogP contribution < -0.4 is 10.1 Å². The van der Waals surface area contributed by atoms with Gasteiger partial charge in [0, 0.05) is 12.1 Å². The molecule has 3 heteroatoms. The maximum atomic E-state index is 13.1. The molecule has 0 amide bonds. The largest absolute Gasteiger partial charge is 0.489 e. The zero-order valence-electron chi connectivity index (χ0n) is 10.4. The second-order valence-electron chi connectivity index (χ2n) is 4.08. The molecule has 2 atom stereocenters. The van der Waals surface area contributed by atoms with Crippen molar-refractivity contribution in [3.05, 3.63) is 29.6 Å². The lowest BCUT2D eigenvalue weighted by molar-refractivity contribution is 0.177. The maximum Gasteiger partial charge on any atom is 0.126 e. The average molecular weight is 225 g/mol. The Morgan fingerprint density at radius 1 is 1.38 bits per heavy atom. The lowest BCUT2D eigenvalue weighted by Crippen LogP contribution is -2.38. The van der Waals surface area contributed by atoms with Crippen LogP contribution in [0.1, 0.15) is 26.3 Å². The Hall–Kier alpha value is -1.09. The van der Waals surface area contributed by atoms with E-state index in [1.54, 1.807) is 6.07 Å². The molecule has 1 aromatic carbocycles. The highest BCUT2D eigenvalue weighted by molar-refractivity contribution is 5.32. The normalized spacial score (nSPS) is 14.6. The van der Waals surface area contributed by atoms with E-state index < -0.39 is 0 Å².